The fourth-order valence-corrected chi connectivity index (χ4v) is 1.89. The van der Waals surface area contributed by atoms with Gasteiger partial charge in [0, 0.05) is 24.1 Å². The molecule has 0 atom stereocenters. The minimum Gasteiger partial charge on any atom is -0.397 e. The first-order chi connectivity index (χ1) is 7.65. The SMILES string of the molecule is C=CCSCCNc1cc(F)c(Cl)cc1N. The summed E-state index contributed by atoms with van der Waals surface area (Å²) in [5.41, 5.74) is 6.74. The molecule has 0 aliphatic heterocycles. The van der Waals surface area contributed by atoms with E-state index in [1.165, 1.54) is 12.1 Å². The van der Waals surface area contributed by atoms with Gasteiger partial charge in [-0.25, -0.2) is 4.39 Å². The van der Waals surface area contributed by atoms with Crippen LogP contribution < -0.4 is 11.1 Å². The number of thioether (sulfide) groups is 1. The summed E-state index contributed by atoms with van der Waals surface area (Å²) in [4.78, 5) is 0. The van der Waals surface area contributed by atoms with Crippen LogP contribution in [0, 0.1) is 5.82 Å². The molecule has 0 saturated heterocycles. The Balaban J connectivity index is 2.47. The maximum absolute atomic E-state index is 13.1. The van der Waals surface area contributed by atoms with E-state index in [1.807, 2.05) is 6.08 Å². The number of benzene rings is 1. The molecule has 0 radical (unpaired) electrons. The fraction of sp³-hybridized carbons (Fsp3) is 0.273. The van der Waals surface area contributed by atoms with Gasteiger partial charge in [-0.05, 0) is 6.07 Å². The third-order valence-electron chi connectivity index (χ3n) is 1.89. The summed E-state index contributed by atoms with van der Waals surface area (Å²) in [6.07, 6.45) is 1.85. The standard InChI is InChI=1S/C11H14ClFN2S/c1-2-4-16-5-3-15-11-7-9(13)8(12)6-10(11)14/h2,6-7,15H,1,3-5,14H2. The van der Waals surface area contributed by atoms with Crippen LogP contribution in [0.1, 0.15) is 0 Å². The first-order valence-electron chi connectivity index (χ1n) is 4.82. The van der Waals surface area contributed by atoms with Gasteiger partial charge < -0.3 is 11.1 Å². The molecule has 0 unspecified atom stereocenters. The van der Waals surface area contributed by atoms with Crippen molar-refractivity contribution in [3.63, 3.8) is 0 Å². The molecule has 1 rings (SSSR count). The quantitative estimate of drug-likeness (QED) is 0.468. The van der Waals surface area contributed by atoms with Crippen molar-refractivity contribution in [1.82, 2.24) is 0 Å². The van der Waals surface area contributed by atoms with Gasteiger partial charge in [-0.1, -0.05) is 17.7 Å². The monoisotopic (exact) mass is 260 g/mol. The molecule has 0 bridgehead atoms. The van der Waals surface area contributed by atoms with Gasteiger partial charge in [0.2, 0.25) is 0 Å². The van der Waals surface area contributed by atoms with E-state index in [0.717, 1.165) is 18.1 Å². The zero-order chi connectivity index (χ0) is 12.0. The van der Waals surface area contributed by atoms with Crippen LogP contribution in [0.25, 0.3) is 0 Å². The second-order valence-corrected chi connectivity index (χ2v) is 4.70. The van der Waals surface area contributed by atoms with Gasteiger partial charge >= 0.3 is 0 Å². The van der Waals surface area contributed by atoms with E-state index in [9.17, 15) is 4.39 Å². The number of rotatable bonds is 6. The van der Waals surface area contributed by atoms with Gasteiger partial charge in [0.25, 0.3) is 0 Å². The lowest BCUT2D eigenvalue weighted by atomic mass is 10.2. The van der Waals surface area contributed by atoms with Crippen LogP contribution in [0.2, 0.25) is 5.02 Å². The summed E-state index contributed by atoms with van der Waals surface area (Å²) in [5.74, 6) is 1.36. The molecule has 0 fully saturated rings. The van der Waals surface area contributed by atoms with E-state index in [-0.39, 0.29) is 5.02 Å². The van der Waals surface area contributed by atoms with Crippen LogP contribution in [0.3, 0.4) is 0 Å². The first kappa shape index (κ1) is 13.2. The predicted octanol–water partition coefficient (Wildman–Crippen LogP) is 3.39. The van der Waals surface area contributed by atoms with Crippen molar-refractivity contribution in [1.29, 1.82) is 0 Å². The highest BCUT2D eigenvalue weighted by Crippen LogP contribution is 2.25. The normalized spacial score (nSPS) is 10.1. The van der Waals surface area contributed by atoms with E-state index < -0.39 is 5.82 Å². The first-order valence-corrected chi connectivity index (χ1v) is 6.35. The van der Waals surface area contributed by atoms with Crippen LogP contribution in [-0.4, -0.2) is 18.1 Å². The Morgan fingerprint density at radius 2 is 2.31 bits per heavy atom. The number of nitrogens with two attached hydrogens (primary N) is 1. The molecule has 0 saturated carbocycles. The molecule has 88 valence electrons. The van der Waals surface area contributed by atoms with Crippen molar-refractivity contribution in [3.05, 3.63) is 35.6 Å². The van der Waals surface area contributed by atoms with Crippen LogP contribution in [0.5, 0.6) is 0 Å². The number of nitrogens with one attached hydrogen (secondary N) is 1. The Morgan fingerprint density at radius 3 is 3.00 bits per heavy atom. The van der Waals surface area contributed by atoms with Crippen molar-refractivity contribution in [2.45, 2.75) is 0 Å². The molecule has 2 nitrogen and oxygen atoms in total. The lowest BCUT2D eigenvalue weighted by Gasteiger charge is -2.09. The molecule has 5 heteroatoms. The minimum absolute atomic E-state index is 0.0454. The lowest BCUT2D eigenvalue weighted by Crippen LogP contribution is -2.07. The molecular weight excluding hydrogens is 247 g/mol. The number of halogens is 2. The molecule has 0 spiro atoms. The summed E-state index contributed by atoms with van der Waals surface area (Å²) < 4.78 is 13.1. The Bertz CT molecular complexity index is 371. The Hall–Kier alpha value is -0.870. The van der Waals surface area contributed by atoms with Crippen molar-refractivity contribution in [3.8, 4) is 0 Å². The van der Waals surface area contributed by atoms with E-state index in [2.05, 4.69) is 11.9 Å². The lowest BCUT2D eigenvalue weighted by molar-refractivity contribution is 0.629. The highest BCUT2D eigenvalue weighted by Gasteiger charge is 2.05. The second-order valence-electron chi connectivity index (χ2n) is 3.14. The number of hydrogen-bond donors (Lipinski definition) is 2. The maximum atomic E-state index is 13.1. The third-order valence-corrected chi connectivity index (χ3v) is 3.14. The van der Waals surface area contributed by atoms with E-state index in [4.69, 9.17) is 17.3 Å². The summed E-state index contributed by atoms with van der Waals surface area (Å²) in [6.45, 7) is 4.35. The largest absolute Gasteiger partial charge is 0.397 e. The molecule has 0 aliphatic carbocycles. The summed E-state index contributed by atoms with van der Waals surface area (Å²) in [5, 5.41) is 3.11. The van der Waals surface area contributed by atoms with Crippen LogP contribution >= 0.6 is 23.4 Å². The Labute approximate surface area is 104 Å². The van der Waals surface area contributed by atoms with Gasteiger partial charge in [0.05, 0.1) is 16.4 Å². The van der Waals surface area contributed by atoms with Gasteiger partial charge in [0.15, 0.2) is 0 Å². The minimum atomic E-state index is -0.461. The third kappa shape index (κ3) is 3.94. The zero-order valence-corrected chi connectivity index (χ0v) is 10.4. The molecule has 0 aliphatic rings. The summed E-state index contributed by atoms with van der Waals surface area (Å²) in [6, 6.07) is 2.73. The van der Waals surface area contributed by atoms with E-state index >= 15 is 0 Å². The highest BCUT2D eigenvalue weighted by molar-refractivity contribution is 7.99. The molecule has 1 aromatic rings. The van der Waals surface area contributed by atoms with Crippen molar-refractivity contribution >= 4 is 34.7 Å². The number of hydrogen-bond acceptors (Lipinski definition) is 3. The maximum Gasteiger partial charge on any atom is 0.143 e. The summed E-state index contributed by atoms with van der Waals surface area (Å²) >= 11 is 7.34. The predicted molar refractivity (Wildman–Crippen MR) is 71.8 cm³/mol. The topological polar surface area (TPSA) is 38.0 Å². The van der Waals surface area contributed by atoms with Gasteiger partial charge in [-0.3, -0.25) is 0 Å². The molecule has 0 heterocycles. The Kier molecular flexibility index (Phi) is 5.49. The fourth-order valence-electron chi connectivity index (χ4n) is 1.14. The molecule has 3 N–H and O–H groups in total. The van der Waals surface area contributed by atoms with Crippen molar-refractivity contribution < 1.29 is 4.39 Å². The van der Waals surface area contributed by atoms with Crippen LogP contribution in [0.4, 0.5) is 15.8 Å². The number of anilines is 2. The van der Waals surface area contributed by atoms with Gasteiger partial charge in [-0.15, -0.1) is 6.58 Å². The molecule has 0 amide bonds. The highest BCUT2D eigenvalue weighted by atomic mass is 35.5. The van der Waals surface area contributed by atoms with Crippen molar-refractivity contribution in [2.75, 3.05) is 29.1 Å². The second kappa shape index (κ2) is 6.66. The molecular formula is C11H14ClFN2S. The Morgan fingerprint density at radius 1 is 1.56 bits per heavy atom. The molecule has 16 heavy (non-hydrogen) atoms. The average Bonchev–Trinajstić information content (AvgIpc) is 2.25. The van der Waals surface area contributed by atoms with E-state index in [0.29, 0.717) is 11.4 Å². The van der Waals surface area contributed by atoms with E-state index in [1.54, 1.807) is 11.8 Å². The average molecular weight is 261 g/mol. The smallest absolute Gasteiger partial charge is 0.143 e. The molecule has 1 aromatic carbocycles. The summed E-state index contributed by atoms with van der Waals surface area (Å²) in [7, 11) is 0. The van der Waals surface area contributed by atoms with Crippen LogP contribution in [0.15, 0.2) is 24.8 Å². The zero-order valence-electron chi connectivity index (χ0n) is 8.80. The van der Waals surface area contributed by atoms with Crippen molar-refractivity contribution in [2.24, 2.45) is 0 Å². The molecule has 0 aromatic heterocycles. The van der Waals surface area contributed by atoms with Crippen LogP contribution in [-0.2, 0) is 0 Å². The van der Waals surface area contributed by atoms with Gasteiger partial charge in [-0.2, -0.15) is 11.8 Å². The van der Waals surface area contributed by atoms with Gasteiger partial charge in [0.1, 0.15) is 5.82 Å². The number of nitrogen functional groups attached to an aromatic ring is 1.